The number of nitrogens with zero attached hydrogens (tertiary/aromatic N) is 5. The summed E-state index contributed by atoms with van der Waals surface area (Å²) in [6, 6.07) is 13.6. The number of benzene rings is 1. The molecule has 0 saturated carbocycles. The summed E-state index contributed by atoms with van der Waals surface area (Å²) in [5.74, 6) is -0.0640. The van der Waals surface area contributed by atoms with Crippen molar-refractivity contribution in [2.75, 3.05) is 26.7 Å². The molecule has 1 saturated heterocycles. The summed E-state index contributed by atoms with van der Waals surface area (Å²) in [6.45, 7) is 1.84. The SMILES string of the molecule is CN1CCN(C(=O)c2ccco2)C[C@H]1c1nnn2cc(-c3cccc(F)c3)ccc12. The Bertz CT molecular complexity index is 1200. The predicted octanol–water partition coefficient (Wildman–Crippen LogP) is 3.26. The number of amides is 1. The molecule has 152 valence electrons. The van der Waals surface area contributed by atoms with Crippen molar-refractivity contribution in [1.29, 1.82) is 0 Å². The summed E-state index contributed by atoms with van der Waals surface area (Å²) < 4.78 is 20.6. The molecule has 30 heavy (non-hydrogen) atoms. The number of likely N-dealkylation sites (N-methyl/N-ethyl adjacent to an activating group) is 1. The number of aromatic nitrogens is 3. The Kier molecular flexibility index (Phi) is 4.55. The Morgan fingerprint density at radius 2 is 2.03 bits per heavy atom. The third-order valence-corrected chi connectivity index (χ3v) is 5.58. The molecular weight excluding hydrogens is 385 g/mol. The van der Waals surface area contributed by atoms with Crippen molar-refractivity contribution >= 4 is 11.4 Å². The third kappa shape index (κ3) is 3.25. The minimum Gasteiger partial charge on any atom is -0.459 e. The average molecular weight is 405 g/mol. The van der Waals surface area contributed by atoms with Crippen molar-refractivity contribution in [2.45, 2.75) is 6.04 Å². The second-order valence-electron chi connectivity index (χ2n) is 7.46. The number of hydrogen-bond acceptors (Lipinski definition) is 5. The Hall–Kier alpha value is -3.52. The molecule has 8 heteroatoms. The van der Waals surface area contributed by atoms with Crippen LogP contribution in [0.15, 0.2) is 65.4 Å². The van der Waals surface area contributed by atoms with Gasteiger partial charge < -0.3 is 9.32 Å². The molecule has 1 fully saturated rings. The van der Waals surface area contributed by atoms with Crippen molar-refractivity contribution < 1.29 is 13.6 Å². The maximum Gasteiger partial charge on any atom is 0.289 e. The van der Waals surface area contributed by atoms with E-state index in [-0.39, 0.29) is 17.8 Å². The van der Waals surface area contributed by atoms with Crippen LogP contribution in [-0.2, 0) is 0 Å². The van der Waals surface area contributed by atoms with Crippen LogP contribution in [0.2, 0.25) is 0 Å². The normalized spacial score (nSPS) is 17.5. The van der Waals surface area contributed by atoms with E-state index in [1.165, 1.54) is 18.4 Å². The van der Waals surface area contributed by atoms with Gasteiger partial charge in [0.2, 0.25) is 0 Å². The van der Waals surface area contributed by atoms with E-state index in [1.807, 2.05) is 31.4 Å². The molecule has 0 N–H and O–H groups in total. The molecule has 1 aliphatic heterocycles. The van der Waals surface area contributed by atoms with E-state index in [2.05, 4.69) is 15.2 Å². The van der Waals surface area contributed by atoms with Gasteiger partial charge in [-0.15, -0.1) is 5.10 Å². The zero-order valence-corrected chi connectivity index (χ0v) is 16.4. The number of pyridine rings is 1. The number of fused-ring (bicyclic) bond motifs is 1. The quantitative estimate of drug-likeness (QED) is 0.523. The Balaban J connectivity index is 1.45. The lowest BCUT2D eigenvalue weighted by molar-refractivity contribution is 0.0513. The van der Waals surface area contributed by atoms with Crippen molar-refractivity contribution in [1.82, 2.24) is 24.6 Å². The average Bonchev–Trinajstić information content (AvgIpc) is 3.43. The van der Waals surface area contributed by atoms with E-state index in [0.29, 0.717) is 18.8 Å². The number of hydrogen-bond donors (Lipinski definition) is 0. The fourth-order valence-corrected chi connectivity index (χ4v) is 3.90. The van der Waals surface area contributed by atoms with Crippen LogP contribution in [0.4, 0.5) is 4.39 Å². The van der Waals surface area contributed by atoms with Crippen LogP contribution in [0.1, 0.15) is 22.3 Å². The van der Waals surface area contributed by atoms with Crippen molar-refractivity contribution in [3.63, 3.8) is 0 Å². The highest BCUT2D eigenvalue weighted by molar-refractivity contribution is 5.91. The van der Waals surface area contributed by atoms with Gasteiger partial charge >= 0.3 is 0 Å². The van der Waals surface area contributed by atoms with Gasteiger partial charge in [-0.25, -0.2) is 8.91 Å². The number of carbonyl (C=O) groups excluding carboxylic acids is 1. The highest BCUT2D eigenvalue weighted by Gasteiger charge is 2.32. The Morgan fingerprint density at radius 3 is 2.83 bits per heavy atom. The van der Waals surface area contributed by atoms with Crippen molar-refractivity contribution in [2.24, 2.45) is 0 Å². The fraction of sp³-hybridized carbons (Fsp3) is 0.227. The van der Waals surface area contributed by atoms with Gasteiger partial charge in [-0.3, -0.25) is 9.69 Å². The molecular formula is C22H20FN5O2. The third-order valence-electron chi connectivity index (χ3n) is 5.58. The summed E-state index contributed by atoms with van der Waals surface area (Å²) in [4.78, 5) is 16.7. The second-order valence-corrected chi connectivity index (χ2v) is 7.46. The van der Waals surface area contributed by atoms with E-state index in [9.17, 15) is 9.18 Å². The number of furan rings is 1. The lowest BCUT2D eigenvalue weighted by atomic mass is 10.1. The first-order chi connectivity index (χ1) is 14.6. The minimum absolute atomic E-state index is 0.0878. The van der Waals surface area contributed by atoms with E-state index in [0.717, 1.165) is 28.9 Å². The second kappa shape index (κ2) is 7.38. The van der Waals surface area contributed by atoms with Gasteiger partial charge in [-0.2, -0.15) is 0 Å². The predicted molar refractivity (Wildman–Crippen MR) is 108 cm³/mol. The molecule has 0 spiro atoms. The highest BCUT2D eigenvalue weighted by Crippen LogP contribution is 2.28. The molecule has 7 nitrogen and oxygen atoms in total. The van der Waals surface area contributed by atoms with E-state index in [4.69, 9.17) is 4.42 Å². The number of piperazine rings is 1. The van der Waals surface area contributed by atoms with Crippen LogP contribution in [0, 0.1) is 5.82 Å². The largest absolute Gasteiger partial charge is 0.459 e. The fourth-order valence-electron chi connectivity index (χ4n) is 3.90. The maximum atomic E-state index is 13.6. The molecule has 1 aromatic carbocycles. The van der Waals surface area contributed by atoms with Crippen LogP contribution in [0.25, 0.3) is 16.6 Å². The van der Waals surface area contributed by atoms with Crippen LogP contribution in [0.3, 0.4) is 0 Å². The van der Waals surface area contributed by atoms with E-state index in [1.54, 1.807) is 27.6 Å². The van der Waals surface area contributed by atoms with Crippen molar-refractivity contribution in [3.05, 3.63) is 78.3 Å². The molecule has 0 bridgehead atoms. The molecule has 0 unspecified atom stereocenters. The molecule has 5 rings (SSSR count). The smallest absolute Gasteiger partial charge is 0.289 e. The zero-order valence-electron chi connectivity index (χ0n) is 16.4. The van der Waals surface area contributed by atoms with Gasteiger partial charge in [0.05, 0.1) is 17.8 Å². The lowest BCUT2D eigenvalue weighted by Gasteiger charge is -2.38. The van der Waals surface area contributed by atoms with E-state index < -0.39 is 0 Å². The van der Waals surface area contributed by atoms with Crippen molar-refractivity contribution in [3.8, 4) is 11.1 Å². The van der Waals surface area contributed by atoms with Gasteiger partial charge in [0.25, 0.3) is 5.91 Å². The Morgan fingerprint density at radius 1 is 1.13 bits per heavy atom. The Labute approximate surface area is 172 Å². The summed E-state index contributed by atoms with van der Waals surface area (Å²) in [7, 11) is 2.02. The molecule has 3 aromatic heterocycles. The van der Waals surface area contributed by atoms with Gasteiger partial charge in [0.15, 0.2) is 5.76 Å². The molecule has 0 aliphatic carbocycles. The molecule has 1 aliphatic rings. The number of halogens is 1. The molecule has 4 aromatic rings. The number of carbonyl (C=O) groups is 1. The molecule has 1 amide bonds. The van der Waals surface area contributed by atoms with Gasteiger partial charge in [-0.05, 0) is 42.9 Å². The van der Waals surface area contributed by atoms with Crippen LogP contribution in [0.5, 0.6) is 0 Å². The minimum atomic E-state index is -0.281. The highest BCUT2D eigenvalue weighted by atomic mass is 19.1. The van der Waals surface area contributed by atoms with Gasteiger partial charge in [-0.1, -0.05) is 23.4 Å². The van der Waals surface area contributed by atoms with Gasteiger partial charge in [0, 0.05) is 31.4 Å². The first-order valence-electron chi connectivity index (χ1n) is 9.74. The first kappa shape index (κ1) is 18.5. The summed E-state index contributed by atoms with van der Waals surface area (Å²) in [5, 5.41) is 8.70. The first-order valence-corrected chi connectivity index (χ1v) is 9.74. The van der Waals surface area contributed by atoms with E-state index >= 15 is 0 Å². The standard InChI is InChI=1S/C22H20FN5O2/c1-26-9-10-27(22(29)20-6-3-11-30-20)14-19(26)21-18-8-7-16(13-28(18)25-24-21)15-4-2-5-17(23)12-15/h2-8,11-13,19H,9-10,14H2,1H3/t19-/m0/s1. The summed E-state index contributed by atoms with van der Waals surface area (Å²) in [6.07, 6.45) is 3.35. The monoisotopic (exact) mass is 405 g/mol. The number of rotatable bonds is 3. The molecule has 0 radical (unpaired) electrons. The summed E-state index contributed by atoms with van der Waals surface area (Å²) in [5.41, 5.74) is 3.29. The summed E-state index contributed by atoms with van der Waals surface area (Å²) >= 11 is 0. The van der Waals surface area contributed by atoms with Crippen LogP contribution in [-0.4, -0.2) is 57.2 Å². The maximum absolute atomic E-state index is 13.6. The van der Waals surface area contributed by atoms with Crippen LogP contribution < -0.4 is 0 Å². The lowest BCUT2D eigenvalue weighted by Crippen LogP contribution is -2.49. The molecule has 1 atom stereocenters. The topological polar surface area (TPSA) is 66.9 Å². The zero-order chi connectivity index (χ0) is 20.7. The van der Waals surface area contributed by atoms with Gasteiger partial charge in [0.1, 0.15) is 11.5 Å². The molecule has 4 heterocycles. The van der Waals surface area contributed by atoms with Crippen LogP contribution >= 0.6 is 0 Å².